The third-order valence-electron chi connectivity index (χ3n) is 3.99. The van der Waals surface area contributed by atoms with Gasteiger partial charge in [-0.2, -0.15) is 0 Å². The van der Waals surface area contributed by atoms with Crippen molar-refractivity contribution in [1.29, 1.82) is 0 Å². The number of likely N-dealkylation sites (N-methyl/N-ethyl adjacent to an activating group) is 1. The van der Waals surface area contributed by atoms with Crippen molar-refractivity contribution in [2.75, 3.05) is 18.9 Å². The average molecular weight is 368 g/mol. The molecule has 0 aliphatic carbocycles. The van der Waals surface area contributed by atoms with Crippen molar-refractivity contribution in [3.8, 4) is 5.75 Å². The van der Waals surface area contributed by atoms with Crippen LogP contribution in [-0.2, 0) is 9.59 Å². The highest BCUT2D eigenvalue weighted by molar-refractivity contribution is 5.95. The Morgan fingerprint density at radius 1 is 1.11 bits per heavy atom. The monoisotopic (exact) mass is 368 g/mol. The van der Waals surface area contributed by atoms with Gasteiger partial charge in [0, 0.05) is 18.3 Å². The molecule has 0 aromatic heterocycles. The number of carbonyl (C=O) groups is 3. The van der Waals surface area contributed by atoms with E-state index in [9.17, 15) is 14.4 Å². The maximum Gasteiger partial charge on any atom is 0.263 e. The van der Waals surface area contributed by atoms with Gasteiger partial charge in [-0.15, -0.1) is 0 Å². The van der Waals surface area contributed by atoms with Gasteiger partial charge in [0.25, 0.3) is 5.91 Å². The van der Waals surface area contributed by atoms with Gasteiger partial charge in [0.1, 0.15) is 5.75 Å². The van der Waals surface area contributed by atoms with Crippen molar-refractivity contribution in [2.24, 2.45) is 0 Å². The average Bonchev–Trinajstić information content (AvgIpc) is 2.63. The Labute approximate surface area is 159 Å². The van der Waals surface area contributed by atoms with Gasteiger partial charge >= 0.3 is 0 Å². The molecule has 0 saturated heterocycles. The summed E-state index contributed by atoms with van der Waals surface area (Å²) in [4.78, 5) is 37.3. The lowest BCUT2D eigenvalue weighted by atomic mass is 10.1. The zero-order valence-electron chi connectivity index (χ0n) is 16.0. The lowest BCUT2D eigenvalue weighted by Gasteiger charge is -2.22. The highest BCUT2D eigenvalue weighted by atomic mass is 16.5. The third-order valence-corrected chi connectivity index (χ3v) is 3.99. The van der Waals surface area contributed by atoms with Crippen LogP contribution in [0.25, 0.3) is 0 Å². The predicted molar refractivity (Wildman–Crippen MR) is 104 cm³/mol. The van der Waals surface area contributed by atoms with Crippen LogP contribution in [0.15, 0.2) is 48.5 Å². The Morgan fingerprint density at radius 3 is 2.41 bits per heavy atom. The summed E-state index contributed by atoms with van der Waals surface area (Å²) in [6, 6.07) is 14.1. The van der Waals surface area contributed by atoms with Crippen molar-refractivity contribution in [3.05, 3.63) is 59.7 Å². The molecule has 2 aromatic rings. The number of Topliss-reactive ketones (excluding diaryl/α,β-unsaturated/α-hetero) is 1. The SMILES string of the molecule is CC(=O)c1cccc(OC(C)C(=O)N(C)CC(=O)Nc2ccc(C)cc2)c1. The fourth-order valence-corrected chi connectivity index (χ4v) is 2.48. The number of ether oxygens (including phenoxy) is 1. The minimum atomic E-state index is -0.788. The van der Waals surface area contributed by atoms with Crippen LogP contribution in [-0.4, -0.2) is 42.2 Å². The summed E-state index contributed by atoms with van der Waals surface area (Å²) in [6.07, 6.45) is -0.788. The summed E-state index contributed by atoms with van der Waals surface area (Å²) in [5, 5.41) is 2.75. The van der Waals surface area contributed by atoms with Gasteiger partial charge in [0.05, 0.1) is 6.54 Å². The minimum Gasteiger partial charge on any atom is -0.481 e. The standard InChI is InChI=1S/C21H24N2O4/c1-14-8-10-18(11-9-14)22-20(25)13-23(4)21(26)16(3)27-19-7-5-6-17(12-19)15(2)24/h5-12,16H,13H2,1-4H3,(H,22,25). The van der Waals surface area contributed by atoms with E-state index < -0.39 is 6.10 Å². The molecule has 142 valence electrons. The number of ketones is 1. The fourth-order valence-electron chi connectivity index (χ4n) is 2.48. The quantitative estimate of drug-likeness (QED) is 0.762. The Morgan fingerprint density at radius 2 is 1.78 bits per heavy atom. The van der Waals surface area contributed by atoms with E-state index in [-0.39, 0.29) is 24.1 Å². The largest absolute Gasteiger partial charge is 0.481 e. The summed E-state index contributed by atoms with van der Waals surface area (Å²) < 4.78 is 5.63. The first-order valence-electron chi connectivity index (χ1n) is 8.65. The van der Waals surface area contributed by atoms with Gasteiger partial charge in [-0.3, -0.25) is 14.4 Å². The van der Waals surface area contributed by atoms with E-state index in [4.69, 9.17) is 4.74 Å². The van der Waals surface area contributed by atoms with Crippen LogP contribution in [0.4, 0.5) is 5.69 Å². The molecule has 2 amide bonds. The number of aryl methyl sites for hydroxylation is 1. The van der Waals surface area contributed by atoms with E-state index in [1.165, 1.54) is 11.8 Å². The second kappa shape index (κ2) is 8.98. The minimum absolute atomic E-state index is 0.0793. The second-order valence-corrected chi connectivity index (χ2v) is 6.45. The highest BCUT2D eigenvalue weighted by Gasteiger charge is 2.21. The predicted octanol–water partition coefficient (Wildman–Crippen LogP) is 3.06. The Kier molecular flexibility index (Phi) is 6.71. The van der Waals surface area contributed by atoms with Crippen LogP contribution in [0.2, 0.25) is 0 Å². The first-order valence-corrected chi connectivity index (χ1v) is 8.65. The van der Waals surface area contributed by atoms with Crippen molar-refractivity contribution in [1.82, 2.24) is 4.90 Å². The molecule has 0 aliphatic heterocycles. The number of hydrogen-bond acceptors (Lipinski definition) is 4. The molecule has 0 spiro atoms. The Balaban J connectivity index is 1.91. The molecule has 2 aromatic carbocycles. The van der Waals surface area contributed by atoms with Crippen LogP contribution < -0.4 is 10.1 Å². The molecular weight excluding hydrogens is 344 g/mol. The summed E-state index contributed by atoms with van der Waals surface area (Å²) in [6.45, 7) is 4.95. The summed E-state index contributed by atoms with van der Waals surface area (Å²) in [5.41, 5.74) is 2.29. The number of hydrogen-bond donors (Lipinski definition) is 1. The molecule has 6 nitrogen and oxygen atoms in total. The van der Waals surface area contributed by atoms with Gasteiger partial charge in [0.15, 0.2) is 11.9 Å². The van der Waals surface area contributed by atoms with E-state index >= 15 is 0 Å². The zero-order valence-corrected chi connectivity index (χ0v) is 16.0. The molecule has 27 heavy (non-hydrogen) atoms. The number of benzene rings is 2. The highest BCUT2D eigenvalue weighted by Crippen LogP contribution is 2.16. The molecule has 1 N–H and O–H groups in total. The maximum atomic E-state index is 12.5. The molecule has 0 heterocycles. The normalized spacial score (nSPS) is 11.4. The summed E-state index contributed by atoms with van der Waals surface area (Å²) in [7, 11) is 1.54. The van der Waals surface area contributed by atoms with Crippen molar-refractivity contribution in [2.45, 2.75) is 26.9 Å². The Hall–Kier alpha value is -3.15. The summed E-state index contributed by atoms with van der Waals surface area (Å²) >= 11 is 0. The number of nitrogens with zero attached hydrogens (tertiary/aromatic N) is 1. The Bertz CT molecular complexity index is 830. The molecule has 0 bridgehead atoms. The van der Waals surface area contributed by atoms with Crippen LogP contribution in [0.5, 0.6) is 5.75 Å². The molecule has 0 radical (unpaired) electrons. The molecular formula is C21H24N2O4. The number of anilines is 1. The lowest BCUT2D eigenvalue weighted by Crippen LogP contribution is -2.42. The van der Waals surface area contributed by atoms with Crippen LogP contribution in [0, 0.1) is 6.92 Å². The van der Waals surface area contributed by atoms with Crippen molar-refractivity contribution in [3.63, 3.8) is 0 Å². The van der Waals surface area contributed by atoms with Gasteiger partial charge in [0.2, 0.25) is 5.91 Å². The van der Waals surface area contributed by atoms with Crippen molar-refractivity contribution >= 4 is 23.3 Å². The first kappa shape index (κ1) is 20.2. The maximum absolute atomic E-state index is 12.5. The molecule has 0 fully saturated rings. The molecule has 0 aliphatic rings. The first-order chi connectivity index (χ1) is 12.8. The van der Waals surface area contributed by atoms with Crippen LogP contribution in [0.1, 0.15) is 29.8 Å². The van der Waals surface area contributed by atoms with E-state index in [0.717, 1.165) is 5.56 Å². The van der Waals surface area contributed by atoms with E-state index in [0.29, 0.717) is 17.0 Å². The van der Waals surface area contributed by atoms with Gasteiger partial charge in [-0.25, -0.2) is 0 Å². The number of carbonyl (C=O) groups excluding carboxylic acids is 3. The molecule has 6 heteroatoms. The van der Waals surface area contributed by atoms with Crippen molar-refractivity contribution < 1.29 is 19.1 Å². The van der Waals surface area contributed by atoms with Gasteiger partial charge in [-0.05, 0) is 45.0 Å². The van der Waals surface area contributed by atoms with E-state index in [1.807, 2.05) is 31.2 Å². The van der Waals surface area contributed by atoms with Gasteiger partial charge < -0.3 is 15.0 Å². The van der Waals surface area contributed by atoms with E-state index in [2.05, 4.69) is 5.32 Å². The van der Waals surface area contributed by atoms with E-state index in [1.54, 1.807) is 38.2 Å². The topological polar surface area (TPSA) is 75.7 Å². The molecule has 0 saturated carbocycles. The smallest absolute Gasteiger partial charge is 0.263 e. The molecule has 1 unspecified atom stereocenters. The fraction of sp³-hybridized carbons (Fsp3) is 0.286. The summed E-state index contributed by atoms with van der Waals surface area (Å²) in [5.74, 6) is -0.270. The molecule has 2 rings (SSSR count). The van der Waals surface area contributed by atoms with Gasteiger partial charge in [-0.1, -0.05) is 29.8 Å². The van der Waals surface area contributed by atoms with Crippen LogP contribution >= 0.6 is 0 Å². The molecule has 1 atom stereocenters. The zero-order chi connectivity index (χ0) is 20.0. The number of amides is 2. The number of rotatable bonds is 7. The number of nitrogens with one attached hydrogen (secondary N) is 1. The third kappa shape index (κ3) is 5.95. The lowest BCUT2D eigenvalue weighted by molar-refractivity contribution is -0.139. The second-order valence-electron chi connectivity index (χ2n) is 6.45. The van der Waals surface area contributed by atoms with Crippen LogP contribution in [0.3, 0.4) is 0 Å².